The van der Waals surface area contributed by atoms with Gasteiger partial charge >= 0.3 is 0 Å². The van der Waals surface area contributed by atoms with Crippen LogP contribution in [0.25, 0.3) is 0 Å². The molecular weight excluding hydrogens is 422 g/mol. The summed E-state index contributed by atoms with van der Waals surface area (Å²) in [6.45, 7) is 4.67. The van der Waals surface area contributed by atoms with Gasteiger partial charge in [0, 0.05) is 29.4 Å². The highest BCUT2D eigenvalue weighted by atomic mass is 32.2. The lowest BCUT2D eigenvalue weighted by Gasteiger charge is -2.19. The van der Waals surface area contributed by atoms with E-state index in [9.17, 15) is 13.2 Å². The first kappa shape index (κ1) is 20.7. The number of hydrogen-bond acceptors (Lipinski definition) is 7. The number of sulfonamides is 1. The normalized spacial score (nSPS) is 13.0. The van der Waals surface area contributed by atoms with Crippen molar-refractivity contribution in [3.05, 3.63) is 65.0 Å². The van der Waals surface area contributed by atoms with Gasteiger partial charge in [-0.25, -0.2) is 8.42 Å². The van der Waals surface area contributed by atoms with E-state index in [1.54, 1.807) is 32.0 Å². The van der Waals surface area contributed by atoms with Crippen LogP contribution >= 0.6 is 0 Å². The molecule has 0 aliphatic carbocycles. The van der Waals surface area contributed by atoms with E-state index in [0.29, 0.717) is 48.3 Å². The van der Waals surface area contributed by atoms with Gasteiger partial charge in [0.05, 0.1) is 10.6 Å². The number of nitrogens with one attached hydrogen (secondary N) is 2. The maximum atomic E-state index is 12.7. The fourth-order valence-corrected chi connectivity index (χ4v) is 4.19. The Balaban J connectivity index is 1.42. The van der Waals surface area contributed by atoms with Crippen molar-refractivity contribution in [1.29, 1.82) is 0 Å². The molecule has 9 nitrogen and oxygen atoms in total. The van der Waals surface area contributed by atoms with Crippen molar-refractivity contribution in [2.45, 2.75) is 25.3 Å². The van der Waals surface area contributed by atoms with Crippen molar-refractivity contribution in [2.24, 2.45) is 0 Å². The Morgan fingerprint density at radius 1 is 1.03 bits per heavy atom. The number of carbonyl (C=O) groups is 1. The Hall–Kier alpha value is -3.53. The predicted octanol–water partition coefficient (Wildman–Crippen LogP) is 2.79. The molecule has 0 atom stereocenters. The first-order valence-electron chi connectivity index (χ1n) is 9.56. The molecule has 4 rings (SSSR count). The molecule has 10 heteroatoms. The van der Waals surface area contributed by atoms with E-state index in [-0.39, 0.29) is 10.8 Å². The fraction of sp³-hybridized carbons (Fsp3) is 0.238. The van der Waals surface area contributed by atoms with Crippen LogP contribution in [0, 0.1) is 13.8 Å². The highest BCUT2D eigenvalue weighted by Crippen LogP contribution is 2.32. The molecule has 0 fully saturated rings. The second-order valence-electron chi connectivity index (χ2n) is 6.97. The minimum absolute atomic E-state index is 0.0537. The van der Waals surface area contributed by atoms with Crippen LogP contribution in [-0.4, -0.2) is 32.7 Å². The molecule has 1 aliphatic heterocycles. The highest BCUT2D eigenvalue weighted by molar-refractivity contribution is 7.92. The molecule has 0 bridgehead atoms. The molecule has 0 saturated heterocycles. The van der Waals surface area contributed by atoms with Crippen LogP contribution in [0.4, 0.5) is 5.69 Å². The van der Waals surface area contributed by atoms with E-state index < -0.39 is 10.0 Å². The van der Waals surface area contributed by atoms with Crippen LogP contribution in [0.15, 0.2) is 51.9 Å². The summed E-state index contributed by atoms with van der Waals surface area (Å²) in [6.07, 6.45) is 0. The third-order valence-corrected chi connectivity index (χ3v) is 6.21. The number of anilines is 1. The third kappa shape index (κ3) is 4.48. The van der Waals surface area contributed by atoms with E-state index >= 15 is 0 Å². The molecule has 2 N–H and O–H groups in total. The van der Waals surface area contributed by atoms with Crippen LogP contribution in [0.3, 0.4) is 0 Å². The number of nitrogens with zero attached hydrogens (tertiary/aromatic N) is 1. The predicted molar refractivity (Wildman–Crippen MR) is 112 cm³/mol. The molecule has 2 aromatic carbocycles. The maximum Gasteiger partial charge on any atom is 0.262 e. The molecular formula is C21H21N3O6S. The van der Waals surface area contributed by atoms with Gasteiger partial charge in [0.25, 0.3) is 15.9 Å². The minimum atomic E-state index is -3.83. The number of carbonyl (C=O) groups excluding carboxylic acids is 1. The zero-order chi connectivity index (χ0) is 22.0. The number of fused-ring (bicyclic) bond motifs is 1. The smallest absolute Gasteiger partial charge is 0.262 e. The average Bonchev–Trinajstić information content (AvgIpc) is 3.09. The minimum Gasteiger partial charge on any atom is -0.486 e. The second kappa shape index (κ2) is 8.31. The molecule has 0 unspecified atom stereocenters. The number of aryl methyl sites for hydroxylation is 2. The SMILES string of the molecule is Cc1noc(C)c1CNC(=O)c1ccc(NS(=O)(=O)c2ccc3c(c2)OCCO3)cc1. The molecule has 1 amide bonds. The van der Waals surface area contributed by atoms with Crippen LogP contribution in [0.1, 0.15) is 27.4 Å². The summed E-state index contributed by atoms with van der Waals surface area (Å²) in [6, 6.07) is 10.6. The summed E-state index contributed by atoms with van der Waals surface area (Å²) in [5.41, 5.74) is 2.28. The van der Waals surface area contributed by atoms with Crippen LogP contribution in [0.5, 0.6) is 11.5 Å². The lowest BCUT2D eigenvalue weighted by molar-refractivity contribution is 0.0951. The van der Waals surface area contributed by atoms with Crippen LogP contribution < -0.4 is 19.5 Å². The van der Waals surface area contributed by atoms with Gasteiger partial charge in [-0.2, -0.15) is 0 Å². The van der Waals surface area contributed by atoms with Crippen LogP contribution in [0.2, 0.25) is 0 Å². The number of amides is 1. The number of aromatic nitrogens is 1. The topological polar surface area (TPSA) is 120 Å². The lowest BCUT2D eigenvalue weighted by Crippen LogP contribution is -2.23. The van der Waals surface area contributed by atoms with Gasteiger partial charge in [-0.1, -0.05) is 5.16 Å². The summed E-state index contributed by atoms with van der Waals surface area (Å²) >= 11 is 0. The number of benzene rings is 2. The molecule has 162 valence electrons. The largest absolute Gasteiger partial charge is 0.486 e. The summed E-state index contributed by atoms with van der Waals surface area (Å²) in [7, 11) is -3.83. The molecule has 0 saturated carbocycles. The van der Waals surface area contributed by atoms with Crippen molar-refractivity contribution < 1.29 is 27.2 Å². The highest BCUT2D eigenvalue weighted by Gasteiger charge is 2.20. The number of rotatable bonds is 6. The van der Waals surface area contributed by atoms with Crippen molar-refractivity contribution in [2.75, 3.05) is 17.9 Å². The van der Waals surface area contributed by atoms with Crippen molar-refractivity contribution in [3.8, 4) is 11.5 Å². The van der Waals surface area contributed by atoms with Crippen LogP contribution in [-0.2, 0) is 16.6 Å². The van der Waals surface area contributed by atoms with Crippen molar-refractivity contribution in [1.82, 2.24) is 10.5 Å². The summed E-state index contributed by atoms with van der Waals surface area (Å²) in [4.78, 5) is 12.4. The summed E-state index contributed by atoms with van der Waals surface area (Å²) in [5, 5.41) is 6.66. The fourth-order valence-electron chi connectivity index (χ4n) is 3.12. The summed E-state index contributed by atoms with van der Waals surface area (Å²) in [5.74, 6) is 1.26. The van der Waals surface area contributed by atoms with Gasteiger partial charge in [0.15, 0.2) is 11.5 Å². The molecule has 2 heterocycles. The number of ether oxygens (including phenoxy) is 2. The Morgan fingerprint density at radius 3 is 2.42 bits per heavy atom. The van der Waals surface area contributed by atoms with Gasteiger partial charge in [0.1, 0.15) is 19.0 Å². The molecule has 3 aromatic rings. The zero-order valence-electron chi connectivity index (χ0n) is 17.0. The number of hydrogen-bond donors (Lipinski definition) is 2. The zero-order valence-corrected chi connectivity index (χ0v) is 17.8. The van der Waals surface area contributed by atoms with Gasteiger partial charge in [-0.3, -0.25) is 9.52 Å². The molecule has 1 aliphatic rings. The van der Waals surface area contributed by atoms with E-state index in [1.165, 1.54) is 24.3 Å². The van der Waals surface area contributed by atoms with E-state index in [4.69, 9.17) is 14.0 Å². The summed E-state index contributed by atoms with van der Waals surface area (Å²) < 4.78 is 43.8. The standard InChI is InChI=1S/C21H21N3O6S/c1-13-18(14(2)30-23-13)12-22-21(25)15-3-5-16(6-4-15)24-31(26,27)17-7-8-19-20(11-17)29-10-9-28-19/h3-8,11,24H,9-10,12H2,1-2H3,(H,22,25). The Kier molecular flexibility index (Phi) is 5.55. The molecule has 1 aromatic heterocycles. The second-order valence-corrected chi connectivity index (χ2v) is 8.66. The van der Waals surface area contributed by atoms with Crippen molar-refractivity contribution >= 4 is 21.6 Å². The third-order valence-electron chi connectivity index (χ3n) is 4.83. The van der Waals surface area contributed by atoms with Gasteiger partial charge in [-0.05, 0) is 50.2 Å². The molecule has 31 heavy (non-hydrogen) atoms. The first-order chi connectivity index (χ1) is 14.8. The Labute approximate surface area is 179 Å². The van der Waals surface area contributed by atoms with E-state index in [0.717, 1.165) is 11.3 Å². The Bertz CT molecular complexity index is 1200. The van der Waals surface area contributed by atoms with E-state index in [2.05, 4.69) is 15.2 Å². The maximum absolute atomic E-state index is 12.7. The molecule has 0 radical (unpaired) electrons. The van der Waals surface area contributed by atoms with E-state index in [1.807, 2.05) is 0 Å². The van der Waals surface area contributed by atoms with Crippen molar-refractivity contribution in [3.63, 3.8) is 0 Å². The molecule has 0 spiro atoms. The average molecular weight is 443 g/mol. The van der Waals surface area contributed by atoms with Gasteiger partial charge in [-0.15, -0.1) is 0 Å². The first-order valence-corrected chi connectivity index (χ1v) is 11.0. The van der Waals surface area contributed by atoms with Gasteiger partial charge in [0.2, 0.25) is 0 Å². The quantitative estimate of drug-likeness (QED) is 0.601. The Morgan fingerprint density at radius 2 is 1.74 bits per heavy atom. The lowest BCUT2D eigenvalue weighted by atomic mass is 10.1. The van der Waals surface area contributed by atoms with Gasteiger partial charge < -0.3 is 19.3 Å². The monoisotopic (exact) mass is 443 g/mol.